The Kier molecular flexibility index (Phi) is 3.04. The maximum Gasteiger partial charge on any atom is 0.293 e. The van der Waals surface area contributed by atoms with Crippen molar-refractivity contribution in [1.82, 2.24) is 0 Å². The van der Waals surface area contributed by atoms with Crippen LogP contribution >= 0.6 is 0 Å². The first kappa shape index (κ1) is 11.2. The number of nitro benzene ring substituents is 1. The second kappa shape index (κ2) is 4.08. The van der Waals surface area contributed by atoms with Crippen LogP contribution in [0.5, 0.6) is 0 Å². The van der Waals surface area contributed by atoms with Crippen molar-refractivity contribution in [1.29, 1.82) is 0 Å². The number of hydrogen-bond donors (Lipinski definition) is 0. The molecule has 0 saturated carbocycles. The molecule has 0 heterocycles. The van der Waals surface area contributed by atoms with Gasteiger partial charge in [0.05, 0.1) is 4.92 Å². The van der Waals surface area contributed by atoms with E-state index in [1.807, 2.05) is 0 Å². The van der Waals surface area contributed by atoms with Crippen LogP contribution in [0.3, 0.4) is 0 Å². The molecule has 0 bridgehead atoms. The Labute approximate surface area is 87.5 Å². The van der Waals surface area contributed by atoms with Crippen molar-refractivity contribution < 1.29 is 9.72 Å². The Hall–Kier alpha value is -1.91. The van der Waals surface area contributed by atoms with Crippen LogP contribution in [0, 0.1) is 17.0 Å². The first-order valence-electron chi connectivity index (χ1n) is 4.43. The van der Waals surface area contributed by atoms with E-state index in [1.54, 1.807) is 19.1 Å². The highest BCUT2D eigenvalue weighted by Gasteiger charge is 2.18. The van der Waals surface area contributed by atoms with E-state index in [0.29, 0.717) is 5.69 Å². The van der Waals surface area contributed by atoms with Gasteiger partial charge in [-0.2, -0.15) is 0 Å². The molecule has 5 nitrogen and oxygen atoms in total. The summed E-state index contributed by atoms with van der Waals surface area (Å²) in [6.45, 7) is 3.13. The van der Waals surface area contributed by atoms with Crippen molar-refractivity contribution in [3.8, 4) is 0 Å². The molecular weight excluding hydrogens is 196 g/mol. The molecule has 1 rings (SSSR count). The van der Waals surface area contributed by atoms with Crippen molar-refractivity contribution in [2.45, 2.75) is 13.8 Å². The molecule has 0 fully saturated rings. The summed E-state index contributed by atoms with van der Waals surface area (Å²) < 4.78 is 0. The van der Waals surface area contributed by atoms with Gasteiger partial charge in [-0.3, -0.25) is 14.9 Å². The molecule has 1 aromatic rings. The zero-order valence-electron chi connectivity index (χ0n) is 8.85. The number of aryl methyl sites for hydroxylation is 1. The molecule has 0 radical (unpaired) electrons. The van der Waals surface area contributed by atoms with Gasteiger partial charge in [-0.1, -0.05) is 6.07 Å². The van der Waals surface area contributed by atoms with E-state index >= 15 is 0 Å². The topological polar surface area (TPSA) is 63.5 Å². The summed E-state index contributed by atoms with van der Waals surface area (Å²) in [5, 5.41) is 10.8. The van der Waals surface area contributed by atoms with Crippen molar-refractivity contribution >= 4 is 17.3 Å². The molecule has 5 heteroatoms. The number of anilines is 1. The molecule has 1 amide bonds. The van der Waals surface area contributed by atoms with Crippen LogP contribution in [-0.2, 0) is 4.79 Å². The Morgan fingerprint density at radius 1 is 1.47 bits per heavy atom. The van der Waals surface area contributed by atoms with E-state index in [9.17, 15) is 14.9 Å². The fourth-order valence-corrected chi connectivity index (χ4v) is 1.23. The second-order valence-electron chi connectivity index (χ2n) is 3.33. The molecule has 0 N–H and O–H groups in total. The standard InChI is InChI=1S/C10H12N2O3/c1-7-4-5-9(11(3)8(2)13)10(6-7)12(14)15/h4-6H,1-3H3. The molecule has 0 unspecified atom stereocenters. The third-order valence-electron chi connectivity index (χ3n) is 2.16. The number of nitro groups is 1. The monoisotopic (exact) mass is 208 g/mol. The number of rotatable bonds is 2. The Balaban J connectivity index is 3.28. The maximum atomic E-state index is 11.1. The maximum absolute atomic E-state index is 11.1. The van der Waals surface area contributed by atoms with Crippen molar-refractivity contribution in [2.24, 2.45) is 0 Å². The third-order valence-corrected chi connectivity index (χ3v) is 2.16. The lowest BCUT2D eigenvalue weighted by molar-refractivity contribution is -0.384. The number of hydrogen-bond acceptors (Lipinski definition) is 3. The minimum atomic E-state index is -0.484. The highest BCUT2D eigenvalue weighted by Crippen LogP contribution is 2.28. The predicted octanol–water partition coefficient (Wildman–Crippen LogP) is 1.89. The number of benzene rings is 1. The summed E-state index contributed by atoms with van der Waals surface area (Å²) in [6.07, 6.45) is 0. The molecule has 0 atom stereocenters. The lowest BCUT2D eigenvalue weighted by atomic mass is 10.2. The van der Waals surface area contributed by atoms with E-state index in [-0.39, 0.29) is 11.6 Å². The molecule has 0 spiro atoms. The molecule has 0 aliphatic rings. The molecule has 80 valence electrons. The molecular formula is C10H12N2O3. The normalized spacial score (nSPS) is 9.80. The van der Waals surface area contributed by atoms with Crippen molar-refractivity contribution in [3.05, 3.63) is 33.9 Å². The van der Waals surface area contributed by atoms with Gasteiger partial charge in [0, 0.05) is 20.0 Å². The van der Waals surface area contributed by atoms with Gasteiger partial charge in [0.15, 0.2) is 0 Å². The van der Waals surface area contributed by atoms with Crippen LogP contribution in [-0.4, -0.2) is 17.9 Å². The summed E-state index contributed by atoms with van der Waals surface area (Å²) in [7, 11) is 1.51. The fraction of sp³-hybridized carbons (Fsp3) is 0.300. The van der Waals surface area contributed by atoms with Crippen molar-refractivity contribution in [2.75, 3.05) is 11.9 Å². The predicted molar refractivity (Wildman–Crippen MR) is 56.9 cm³/mol. The average molecular weight is 208 g/mol. The van der Waals surface area contributed by atoms with Gasteiger partial charge in [0.1, 0.15) is 5.69 Å². The van der Waals surface area contributed by atoms with Crippen LogP contribution < -0.4 is 4.90 Å². The lowest BCUT2D eigenvalue weighted by Gasteiger charge is -2.14. The average Bonchev–Trinajstić information content (AvgIpc) is 2.16. The first-order valence-corrected chi connectivity index (χ1v) is 4.43. The molecule has 0 aliphatic heterocycles. The Morgan fingerprint density at radius 3 is 2.53 bits per heavy atom. The van der Waals surface area contributed by atoms with Crippen LogP contribution in [0.2, 0.25) is 0 Å². The summed E-state index contributed by atoms with van der Waals surface area (Å²) in [6, 6.07) is 4.77. The van der Waals surface area contributed by atoms with E-state index in [2.05, 4.69) is 0 Å². The van der Waals surface area contributed by atoms with Crippen LogP contribution in [0.25, 0.3) is 0 Å². The highest BCUT2D eigenvalue weighted by atomic mass is 16.6. The van der Waals surface area contributed by atoms with Crippen LogP contribution in [0.15, 0.2) is 18.2 Å². The summed E-state index contributed by atoms with van der Waals surface area (Å²) >= 11 is 0. The Bertz CT molecular complexity index is 415. The smallest absolute Gasteiger partial charge is 0.293 e. The SMILES string of the molecule is CC(=O)N(C)c1ccc(C)cc1[N+](=O)[O-]. The van der Waals surface area contributed by atoms with E-state index < -0.39 is 4.92 Å². The van der Waals surface area contributed by atoms with Crippen molar-refractivity contribution in [3.63, 3.8) is 0 Å². The molecule has 0 aromatic heterocycles. The zero-order valence-corrected chi connectivity index (χ0v) is 8.85. The van der Waals surface area contributed by atoms with Gasteiger partial charge < -0.3 is 4.90 Å². The fourth-order valence-electron chi connectivity index (χ4n) is 1.23. The van der Waals surface area contributed by atoms with Gasteiger partial charge in [-0.05, 0) is 18.6 Å². The lowest BCUT2D eigenvalue weighted by Crippen LogP contribution is -2.23. The summed E-state index contributed by atoms with van der Waals surface area (Å²) in [5.74, 6) is -0.234. The van der Waals surface area contributed by atoms with Gasteiger partial charge in [-0.15, -0.1) is 0 Å². The van der Waals surface area contributed by atoms with E-state index in [1.165, 1.54) is 24.9 Å². The van der Waals surface area contributed by atoms with Crippen LogP contribution in [0.1, 0.15) is 12.5 Å². The second-order valence-corrected chi connectivity index (χ2v) is 3.33. The first-order chi connectivity index (χ1) is 6.93. The summed E-state index contributed by atoms with van der Waals surface area (Å²) in [5.41, 5.74) is 1.06. The molecule has 0 aliphatic carbocycles. The zero-order chi connectivity index (χ0) is 11.6. The van der Waals surface area contributed by atoms with Gasteiger partial charge in [-0.25, -0.2) is 0 Å². The molecule has 1 aromatic carbocycles. The van der Waals surface area contributed by atoms with Gasteiger partial charge in [0.25, 0.3) is 5.69 Å². The summed E-state index contributed by atoms with van der Waals surface area (Å²) in [4.78, 5) is 22.7. The molecule has 15 heavy (non-hydrogen) atoms. The van der Waals surface area contributed by atoms with Crippen LogP contribution in [0.4, 0.5) is 11.4 Å². The largest absolute Gasteiger partial charge is 0.310 e. The van der Waals surface area contributed by atoms with Gasteiger partial charge >= 0.3 is 0 Å². The minimum absolute atomic E-state index is 0.0484. The minimum Gasteiger partial charge on any atom is -0.310 e. The quantitative estimate of drug-likeness (QED) is 0.550. The van der Waals surface area contributed by atoms with Gasteiger partial charge in [0.2, 0.25) is 5.91 Å². The highest BCUT2D eigenvalue weighted by molar-refractivity contribution is 5.93. The third kappa shape index (κ3) is 2.31. The number of carbonyl (C=O) groups is 1. The molecule has 0 saturated heterocycles. The van der Waals surface area contributed by atoms with E-state index in [4.69, 9.17) is 0 Å². The number of nitrogens with zero attached hydrogens (tertiary/aromatic N) is 2. The van der Waals surface area contributed by atoms with E-state index in [0.717, 1.165) is 5.56 Å². The number of carbonyl (C=O) groups excluding carboxylic acids is 1. The Morgan fingerprint density at radius 2 is 2.07 bits per heavy atom. The number of amides is 1.